The minimum absolute atomic E-state index is 0.162. The zero-order chi connectivity index (χ0) is 29.5. The third kappa shape index (κ3) is 17.8. The number of nitrogens with one attached hydrogen (secondary N) is 1. The second kappa shape index (κ2) is 21.1. The minimum Gasteiger partial charge on any atom is -0.466 e. The van der Waals surface area contributed by atoms with Crippen LogP contribution in [0.15, 0.2) is 72.9 Å². The molecule has 1 fully saturated rings. The van der Waals surface area contributed by atoms with Crippen LogP contribution in [0.25, 0.3) is 0 Å². The second-order valence-corrected chi connectivity index (χ2v) is 11.0. The van der Waals surface area contributed by atoms with Crippen molar-refractivity contribution in [2.45, 2.75) is 104 Å². The molecule has 0 radical (unpaired) electrons. The maximum Gasteiger partial charge on any atom is 0.306 e. The van der Waals surface area contributed by atoms with E-state index in [9.17, 15) is 9.59 Å². The molecule has 224 valence electrons. The van der Waals surface area contributed by atoms with E-state index in [1.165, 1.54) is 0 Å². The molecular weight excluding hydrogens is 502 g/mol. The van der Waals surface area contributed by atoms with Gasteiger partial charge in [0.25, 0.3) is 0 Å². The summed E-state index contributed by atoms with van der Waals surface area (Å²) < 4.78 is 16.8. The van der Waals surface area contributed by atoms with E-state index in [0.717, 1.165) is 38.5 Å². The molecule has 0 aromatic rings. The summed E-state index contributed by atoms with van der Waals surface area (Å²) in [6, 6.07) is 0. The van der Waals surface area contributed by atoms with Crippen molar-refractivity contribution in [2.24, 2.45) is 5.41 Å². The summed E-state index contributed by atoms with van der Waals surface area (Å²) in [7, 11) is 0. The number of ether oxygens (including phenoxy) is 3. The summed E-state index contributed by atoms with van der Waals surface area (Å²) in [5.41, 5.74) is -0.409. The zero-order valence-corrected chi connectivity index (χ0v) is 25.5. The molecule has 1 N–H and O–H groups in total. The van der Waals surface area contributed by atoms with Gasteiger partial charge in [-0.15, -0.1) is 0 Å². The van der Waals surface area contributed by atoms with E-state index >= 15 is 0 Å². The van der Waals surface area contributed by atoms with Crippen molar-refractivity contribution in [3.63, 3.8) is 0 Å². The van der Waals surface area contributed by atoms with E-state index in [1.54, 1.807) is 0 Å². The van der Waals surface area contributed by atoms with Crippen LogP contribution in [0.5, 0.6) is 0 Å². The molecule has 1 aliphatic heterocycles. The van der Waals surface area contributed by atoms with Crippen molar-refractivity contribution in [2.75, 3.05) is 19.8 Å². The minimum atomic E-state index is -0.781. The molecule has 0 spiro atoms. The van der Waals surface area contributed by atoms with E-state index in [1.807, 2.05) is 33.8 Å². The fraction of sp³-hybridized carbons (Fsp3) is 0.588. The van der Waals surface area contributed by atoms with Crippen LogP contribution in [0.1, 0.15) is 92.4 Å². The Balaban J connectivity index is 2.02. The van der Waals surface area contributed by atoms with E-state index in [4.69, 9.17) is 14.2 Å². The molecule has 1 aliphatic rings. The first kappa shape index (κ1) is 35.3. The Hall–Kier alpha value is -2.70. The third-order valence-corrected chi connectivity index (χ3v) is 6.14. The summed E-state index contributed by atoms with van der Waals surface area (Å²) in [5.74, 6) is -1.16. The average molecular weight is 556 g/mol. The van der Waals surface area contributed by atoms with Gasteiger partial charge in [0.15, 0.2) is 5.79 Å². The molecule has 1 saturated heterocycles. The molecule has 0 aromatic carbocycles. The maximum atomic E-state index is 12.6. The van der Waals surface area contributed by atoms with Gasteiger partial charge in [-0.3, -0.25) is 9.59 Å². The van der Waals surface area contributed by atoms with Crippen molar-refractivity contribution >= 4 is 11.9 Å². The Morgan fingerprint density at radius 2 is 1.30 bits per heavy atom. The van der Waals surface area contributed by atoms with Crippen molar-refractivity contribution < 1.29 is 23.8 Å². The number of amides is 1. The van der Waals surface area contributed by atoms with Gasteiger partial charge in [-0.25, -0.2) is 0 Å². The van der Waals surface area contributed by atoms with E-state index in [2.05, 4.69) is 79.1 Å². The lowest BCUT2D eigenvalue weighted by molar-refractivity contribution is -0.304. The van der Waals surface area contributed by atoms with Crippen LogP contribution < -0.4 is 5.32 Å². The smallest absolute Gasteiger partial charge is 0.306 e. The summed E-state index contributed by atoms with van der Waals surface area (Å²) in [5, 5.41) is 2.89. The molecule has 1 amide bonds. The van der Waals surface area contributed by atoms with Crippen molar-refractivity contribution in [3.8, 4) is 0 Å². The van der Waals surface area contributed by atoms with Gasteiger partial charge in [0, 0.05) is 18.4 Å². The zero-order valence-electron chi connectivity index (χ0n) is 25.5. The van der Waals surface area contributed by atoms with Crippen molar-refractivity contribution in [1.82, 2.24) is 5.32 Å². The SMILES string of the molecule is CC/C=C\C/C=C\C/C=C\C/C=C\C/C=C\C/C=C\CCC(=O)OCCCNC(=O)[C@H]1OC(C)(C)OCC1(C)C. The number of hydrogen-bond donors (Lipinski definition) is 1. The highest BCUT2D eigenvalue weighted by molar-refractivity contribution is 5.81. The molecule has 0 unspecified atom stereocenters. The predicted molar refractivity (Wildman–Crippen MR) is 165 cm³/mol. The second-order valence-electron chi connectivity index (χ2n) is 11.0. The number of hydrogen-bond acceptors (Lipinski definition) is 5. The van der Waals surface area contributed by atoms with Crippen LogP contribution in [-0.2, 0) is 23.8 Å². The number of carbonyl (C=O) groups is 2. The van der Waals surface area contributed by atoms with Gasteiger partial charge >= 0.3 is 5.97 Å². The number of allylic oxidation sites excluding steroid dienone is 12. The van der Waals surface area contributed by atoms with Crippen molar-refractivity contribution in [1.29, 1.82) is 0 Å². The monoisotopic (exact) mass is 555 g/mol. The largest absolute Gasteiger partial charge is 0.466 e. The lowest BCUT2D eigenvalue weighted by Gasteiger charge is -2.44. The molecule has 1 rings (SSSR count). The number of rotatable bonds is 19. The topological polar surface area (TPSA) is 73.9 Å². The first-order valence-electron chi connectivity index (χ1n) is 14.8. The Morgan fingerprint density at radius 3 is 1.82 bits per heavy atom. The quantitative estimate of drug-likeness (QED) is 0.100. The summed E-state index contributed by atoms with van der Waals surface area (Å²) >= 11 is 0. The Kier molecular flexibility index (Phi) is 18.6. The lowest BCUT2D eigenvalue weighted by atomic mass is 9.85. The molecule has 0 bridgehead atoms. The van der Waals surface area contributed by atoms with Gasteiger partial charge in [-0.05, 0) is 65.2 Å². The summed E-state index contributed by atoms with van der Waals surface area (Å²) in [6.07, 6.45) is 32.8. The number of carbonyl (C=O) groups excluding carboxylic acids is 2. The molecular formula is C34H53NO5. The van der Waals surface area contributed by atoms with Crippen LogP contribution in [0.4, 0.5) is 0 Å². The third-order valence-electron chi connectivity index (χ3n) is 6.14. The van der Waals surface area contributed by atoms with Crippen LogP contribution in [0.3, 0.4) is 0 Å². The number of esters is 1. The predicted octanol–water partition coefficient (Wildman–Crippen LogP) is 7.69. The highest BCUT2D eigenvalue weighted by Crippen LogP contribution is 2.34. The maximum absolute atomic E-state index is 12.6. The first-order chi connectivity index (χ1) is 19.2. The highest BCUT2D eigenvalue weighted by atomic mass is 16.7. The van der Waals surface area contributed by atoms with Gasteiger partial charge in [-0.2, -0.15) is 0 Å². The molecule has 0 aromatic heterocycles. The van der Waals surface area contributed by atoms with Gasteiger partial charge in [-0.1, -0.05) is 93.7 Å². The summed E-state index contributed by atoms with van der Waals surface area (Å²) in [4.78, 5) is 24.5. The van der Waals surface area contributed by atoms with Crippen LogP contribution in [-0.4, -0.2) is 43.5 Å². The van der Waals surface area contributed by atoms with Gasteiger partial charge in [0.1, 0.15) is 6.10 Å². The molecule has 40 heavy (non-hydrogen) atoms. The lowest BCUT2D eigenvalue weighted by Crippen LogP contribution is -2.56. The van der Waals surface area contributed by atoms with Gasteiger partial charge in [0.05, 0.1) is 13.2 Å². The van der Waals surface area contributed by atoms with Crippen LogP contribution in [0.2, 0.25) is 0 Å². The normalized spacial score (nSPS) is 19.2. The van der Waals surface area contributed by atoms with E-state index in [-0.39, 0.29) is 18.5 Å². The summed E-state index contributed by atoms with van der Waals surface area (Å²) in [6.45, 7) is 10.8. The molecule has 0 aliphatic carbocycles. The Morgan fingerprint density at radius 1 is 0.800 bits per heavy atom. The fourth-order valence-corrected chi connectivity index (χ4v) is 3.80. The average Bonchev–Trinajstić information content (AvgIpc) is 2.91. The molecule has 0 saturated carbocycles. The first-order valence-corrected chi connectivity index (χ1v) is 14.8. The van der Waals surface area contributed by atoms with Crippen LogP contribution >= 0.6 is 0 Å². The standard InChI is InChI=1S/C34H53NO5/c1-6-7-8-9-10-11-12-13-14-15-16-17-18-19-20-21-22-23-24-26-30(36)38-28-25-27-35-32(37)31-33(2,3)29-39-34(4,5)40-31/h7-8,10-11,13-14,16-17,19-20,22-23,31H,6,9,12,15,18,21,24-29H2,1-5H3,(H,35,37)/b8-7-,11-10-,14-13-,17-16-,20-19-,23-22-/t31-/m1/s1. The molecule has 1 atom stereocenters. The van der Waals surface area contributed by atoms with Gasteiger partial charge in [0.2, 0.25) is 5.91 Å². The highest BCUT2D eigenvalue weighted by Gasteiger charge is 2.45. The van der Waals surface area contributed by atoms with Crippen molar-refractivity contribution in [3.05, 3.63) is 72.9 Å². The fourth-order valence-electron chi connectivity index (χ4n) is 3.80. The van der Waals surface area contributed by atoms with E-state index < -0.39 is 17.3 Å². The van der Waals surface area contributed by atoms with E-state index in [0.29, 0.717) is 32.4 Å². The Bertz CT molecular complexity index is 892. The Labute approximate surface area is 243 Å². The molecule has 6 nitrogen and oxygen atoms in total. The van der Waals surface area contributed by atoms with Crippen LogP contribution in [0, 0.1) is 5.41 Å². The molecule has 6 heteroatoms. The van der Waals surface area contributed by atoms with Gasteiger partial charge < -0.3 is 19.5 Å². The molecule has 1 heterocycles.